The molecule has 0 atom stereocenters. The number of nitrogens with one attached hydrogen (secondary N) is 1. The summed E-state index contributed by atoms with van der Waals surface area (Å²) in [5.74, 6) is 0.840. The molecule has 0 saturated heterocycles. The smallest absolute Gasteiger partial charge is 0.182 e. The molecule has 1 aromatic heterocycles. The van der Waals surface area contributed by atoms with E-state index in [2.05, 4.69) is 22.5 Å². The number of aromatic nitrogens is 2. The summed E-state index contributed by atoms with van der Waals surface area (Å²) in [7, 11) is 1.66. The number of H-pyrrole nitrogens is 1. The number of hydrogen-bond acceptors (Lipinski definition) is 2. The molecule has 3 rings (SSSR count). The molecular formula is C15H14N2OS. The highest BCUT2D eigenvalue weighted by Gasteiger charge is 2.08. The number of benzene rings is 2. The van der Waals surface area contributed by atoms with Crippen LogP contribution in [0.1, 0.15) is 5.56 Å². The molecule has 0 amide bonds. The molecule has 4 heteroatoms. The highest BCUT2D eigenvalue weighted by molar-refractivity contribution is 7.71. The zero-order valence-electron chi connectivity index (χ0n) is 10.8. The Kier molecular flexibility index (Phi) is 2.87. The average molecular weight is 270 g/mol. The second-order valence-electron chi connectivity index (χ2n) is 4.43. The van der Waals surface area contributed by atoms with Crippen molar-refractivity contribution in [3.8, 4) is 11.4 Å². The fraction of sp³-hybridized carbons (Fsp3) is 0.133. The Bertz CT molecular complexity index is 784. The van der Waals surface area contributed by atoms with Crippen molar-refractivity contribution >= 4 is 23.3 Å². The third kappa shape index (κ3) is 1.94. The molecular weight excluding hydrogens is 256 g/mol. The van der Waals surface area contributed by atoms with Crippen LogP contribution in [0.5, 0.6) is 5.75 Å². The Morgan fingerprint density at radius 3 is 2.53 bits per heavy atom. The molecule has 1 heterocycles. The molecule has 96 valence electrons. The number of rotatable bonds is 2. The highest BCUT2D eigenvalue weighted by atomic mass is 32.1. The molecule has 0 radical (unpaired) electrons. The lowest BCUT2D eigenvalue weighted by Crippen LogP contribution is -1.95. The molecule has 0 aliphatic carbocycles. The van der Waals surface area contributed by atoms with Crippen LogP contribution in [-0.4, -0.2) is 16.7 Å². The van der Waals surface area contributed by atoms with Crippen LogP contribution in [0.15, 0.2) is 42.5 Å². The van der Waals surface area contributed by atoms with Crippen molar-refractivity contribution in [2.45, 2.75) is 6.92 Å². The quantitative estimate of drug-likeness (QED) is 0.713. The molecule has 2 aromatic carbocycles. The second-order valence-corrected chi connectivity index (χ2v) is 4.82. The zero-order chi connectivity index (χ0) is 13.4. The SMILES string of the molecule is COc1ccc(-n2c(=S)[nH]c3cccc(C)c32)cc1. The maximum Gasteiger partial charge on any atom is 0.182 e. The van der Waals surface area contributed by atoms with Gasteiger partial charge in [-0.25, -0.2) is 0 Å². The number of hydrogen-bond donors (Lipinski definition) is 1. The van der Waals surface area contributed by atoms with Crippen LogP contribution in [0.2, 0.25) is 0 Å². The number of ether oxygens (including phenoxy) is 1. The van der Waals surface area contributed by atoms with Crippen molar-refractivity contribution in [3.05, 3.63) is 52.8 Å². The number of aryl methyl sites for hydroxylation is 1. The molecule has 3 nitrogen and oxygen atoms in total. The van der Waals surface area contributed by atoms with Crippen LogP contribution in [0, 0.1) is 11.7 Å². The van der Waals surface area contributed by atoms with Crippen LogP contribution in [0.25, 0.3) is 16.7 Å². The number of para-hydroxylation sites is 1. The summed E-state index contributed by atoms with van der Waals surface area (Å²) in [5, 5.41) is 0. The van der Waals surface area contributed by atoms with Crippen molar-refractivity contribution in [1.29, 1.82) is 0 Å². The first kappa shape index (κ1) is 12.0. The van der Waals surface area contributed by atoms with Gasteiger partial charge in [0.25, 0.3) is 0 Å². The van der Waals surface area contributed by atoms with Crippen LogP contribution in [0.4, 0.5) is 0 Å². The van der Waals surface area contributed by atoms with Gasteiger partial charge in [-0.05, 0) is 55.0 Å². The van der Waals surface area contributed by atoms with Gasteiger partial charge in [-0.2, -0.15) is 0 Å². The summed E-state index contributed by atoms with van der Waals surface area (Å²) in [6, 6.07) is 14.1. The van der Waals surface area contributed by atoms with Crippen molar-refractivity contribution in [3.63, 3.8) is 0 Å². The molecule has 1 N–H and O–H groups in total. The van der Waals surface area contributed by atoms with Gasteiger partial charge in [-0.1, -0.05) is 12.1 Å². The summed E-state index contributed by atoms with van der Waals surface area (Å²) in [6.07, 6.45) is 0. The van der Waals surface area contributed by atoms with E-state index in [1.54, 1.807) is 7.11 Å². The summed E-state index contributed by atoms with van der Waals surface area (Å²) in [4.78, 5) is 3.24. The van der Waals surface area contributed by atoms with E-state index in [1.165, 1.54) is 5.56 Å². The van der Waals surface area contributed by atoms with Crippen molar-refractivity contribution in [1.82, 2.24) is 9.55 Å². The van der Waals surface area contributed by atoms with E-state index in [4.69, 9.17) is 17.0 Å². The minimum Gasteiger partial charge on any atom is -0.497 e. The number of nitrogens with zero attached hydrogens (tertiary/aromatic N) is 1. The maximum absolute atomic E-state index is 5.43. The van der Waals surface area contributed by atoms with Gasteiger partial charge in [0, 0.05) is 5.69 Å². The zero-order valence-corrected chi connectivity index (χ0v) is 11.6. The second kappa shape index (κ2) is 4.55. The van der Waals surface area contributed by atoms with E-state index in [-0.39, 0.29) is 0 Å². The molecule has 0 aliphatic rings. The topological polar surface area (TPSA) is 29.9 Å². The van der Waals surface area contributed by atoms with Gasteiger partial charge in [0.05, 0.1) is 18.1 Å². The molecule has 0 unspecified atom stereocenters. The predicted molar refractivity (Wildman–Crippen MR) is 79.7 cm³/mol. The summed E-state index contributed by atoms with van der Waals surface area (Å²) in [6.45, 7) is 2.09. The van der Waals surface area contributed by atoms with Gasteiger partial charge in [0.2, 0.25) is 0 Å². The minimum absolute atomic E-state index is 0.703. The predicted octanol–water partition coefficient (Wildman–Crippen LogP) is 4.01. The van der Waals surface area contributed by atoms with Crippen molar-refractivity contribution in [2.75, 3.05) is 7.11 Å². The molecule has 3 aromatic rings. The largest absolute Gasteiger partial charge is 0.497 e. The lowest BCUT2D eigenvalue weighted by atomic mass is 10.2. The summed E-state index contributed by atoms with van der Waals surface area (Å²) >= 11 is 5.43. The van der Waals surface area contributed by atoms with Crippen LogP contribution in [-0.2, 0) is 0 Å². The van der Waals surface area contributed by atoms with Gasteiger partial charge in [-0.3, -0.25) is 4.57 Å². The van der Waals surface area contributed by atoms with Gasteiger partial charge >= 0.3 is 0 Å². The third-order valence-corrected chi connectivity index (χ3v) is 3.52. The van der Waals surface area contributed by atoms with E-state index in [0.717, 1.165) is 22.5 Å². The first-order valence-electron chi connectivity index (χ1n) is 6.05. The Balaban J connectivity index is 2.29. The Morgan fingerprint density at radius 2 is 1.84 bits per heavy atom. The number of methoxy groups -OCH3 is 1. The molecule has 0 aliphatic heterocycles. The van der Waals surface area contributed by atoms with E-state index in [1.807, 2.05) is 36.4 Å². The minimum atomic E-state index is 0.703. The van der Waals surface area contributed by atoms with E-state index < -0.39 is 0 Å². The molecule has 0 fully saturated rings. The standard InChI is InChI=1S/C15H14N2OS/c1-10-4-3-5-13-14(10)17(15(19)16-13)11-6-8-12(18-2)9-7-11/h3-9H,1-2H3,(H,16,19). The molecule has 0 saturated carbocycles. The monoisotopic (exact) mass is 270 g/mol. The van der Waals surface area contributed by atoms with Gasteiger partial charge < -0.3 is 9.72 Å². The highest BCUT2D eigenvalue weighted by Crippen LogP contribution is 2.23. The van der Waals surface area contributed by atoms with Gasteiger partial charge in [0.1, 0.15) is 5.75 Å². The van der Waals surface area contributed by atoms with Crippen molar-refractivity contribution in [2.24, 2.45) is 0 Å². The van der Waals surface area contributed by atoms with Crippen molar-refractivity contribution < 1.29 is 4.74 Å². The van der Waals surface area contributed by atoms with Gasteiger partial charge in [-0.15, -0.1) is 0 Å². The number of fused-ring (bicyclic) bond motifs is 1. The summed E-state index contributed by atoms with van der Waals surface area (Å²) in [5.41, 5.74) is 4.41. The average Bonchev–Trinajstić information content (AvgIpc) is 2.76. The normalized spacial score (nSPS) is 10.8. The number of imidazole rings is 1. The maximum atomic E-state index is 5.43. The van der Waals surface area contributed by atoms with Gasteiger partial charge in [0.15, 0.2) is 4.77 Å². The fourth-order valence-corrected chi connectivity index (χ4v) is 2.61. The Hall–Kier alpha value is -2.07. The van der Waals surface area contributed by atoms with E-state index in [0.29, 0.717) is 4.77 Å². The van der Waals surface area contributed by atoms with Crippen LogP contribution < -0.4 is 4.74 Å². The lowest BCUT2D eigenvalue weighted by molar-refractivity contribution is 0.415. The first-order chi connectivity index (χ1) is 9.20. The molecule has 0 spiro atoms. The molecule has 0 bridgehead atoms. The Morgan fingerprint density at radius 1 is 1.11 bits per heavy atom. The van der Waals surface area contributed by atoms with Crippen LogP contribution >= 0.6 is 12.2 Å². The van der Waals surface area contributed by atoms with Crippen LogP contribution in [0.3, 0.4) is 0 Å². The van der Waals surface area contributed by atoms with E-state index >= 15 is 0 Å². The Labute approximate surface area is 116 Å². The third-order valence-electron chi connectivity index (χ3n) is 3.24. The molecule has 19 heavy (non-hydrogen) atoms. The lowest BCUT2D eigenvalue weighted by Gasteiger charge is -2.07. The van der Waals surface area contributed by atoms with E-state index in [9.17, 15) is 0 Å². The first-order valence-corrected chi connectivity index (χ1v) is 6.46. The summed E-state index contributed by atoms with van der Waals surface area (Å²) < 4.78 is 7.94. The number of aromatic amines is 1. The fourth-order valence-electron chi connectivity index (χ4n) is 2.31.